The predicted octanol–water partition coefficient (Wildman–Crippen LogP) is 2.49. The summed E-state index contributed by atoms with van der Waals surface area (Å²) in [5.41, 5.74) is 1.20. The SMILES string of the molecule is CCNC(=NCCOCC)NC1CCN(Cc2cc(OC)cc(OC)c2)C1.I. The van der Waals surface area contributed by atoms with Gasteiger partial charge in [-0.05, 0) is 38.0 Å². The molecule has 1 aliphatic heterocycles. The number of halogens is 1. The number of benzene rings is 1. The summed E-state index contributed by atoms with van der Waals surface area (Å²) < 4.78 is 16.1. The predicted molar refractivity (Wildman–Crippen MR) is 124 cm³/mol. The fourth-order valence-corrected chi connectivity index (χ4v) is 3.19. The Balaban J connectivity index is 0.00000392. The average Bonchev–Trinajstić information content (AvgIpc) is 3.11. The van der Waals surface area contributed by atoms with Crippen LogP contribution in [0.3, 0.4) is 0 Å². The summed E-state index contributed by atoms with van der Waals surface area (Å²) in [5.74, 6) is 2.52. The second-order valence-corrected chi connectivity index (χ2v) is 6.54. The molecule has 1 aliphatic rings. The van der Waals surface area contributed by atoms with Gasteiger partial charge in [0.05, 0.1) is 27.4 Å². The second-order valence-electron chi connectivity index (χ2n) is 6.54. The maximum absolute atomic E-state index is 5.37. The molecule has 0 aliphatic carbocycles. The van der Waals surface area contributed by atoms with E-state index >= 15 is 0 Å². The molecule has 0 bridgehead atoms. The highest BCUT2D eigenvalue weighted by molar-refractivity contribution is 14.0. The van der Waals surface area contributed by atoms with Crippen LogP contribution in [-0.4, -0.2) is 70.5 Å². The number of ether oxygens (including phenoxy) is 3. The Morgan fingerprint density at radius 3 is 2.50 bits per heavy atom. The lowest BCUT2D eigenvalue weighted by Gasteiger charge is -2.19. The Bertz CT molecular complexity index is 579. The van der Waals surface area contributed by atoms with Crippen LogP contribution < -0.4 is 20.1 Å². The Morgan fingerprint density at radius 1 is 1.18 bits per heavy atom. The van der Waals surface area contributed by atoms with Crippen LogP contribution >= 0.6 is 24.0 Å². The summed E-state index contributed by atoms with van der Waals surface area (Å²) in [5, 5.41) is 6.86. The molecule has 8 heteroatoms. The molecule has 160 valence electrons. The topological polar surface area (TPSA) is 67.4 Å². The molecule has 1 atom stereocenters. The quantitative estimate of drug-likeness (QED) is 0.220. The molecule has 0 radical (unpaired) electrons. The Morgan fingerprint density at radius 2 is 1.89 bits per heavy atom. The van der Waals surface area contributed by atoms with Crippen LogP contribution in [0.5, 0.6) is 11.5 Å². The Labute approximate surface area is 186 Å². The van der Waals surface area contributed by atoms with Gasteiger partial charge in [-0.1, -0.05) is 0 Å². The van der Waals surface area contributed by atoms with E-state index in [4.69, 9.17) is 14.2 Å². The summed E-state index contributed by atoms with van der Waals surface area (Å²) in [6.07, 6.45) is 1.09. The van der Waals surface area contributed by atoms with Crippen molar-refractivity contribution in [2.45, 2.75) is 32.9 Å². The molecule has 1 heterocycles. The third-order valence-electron chi connectivity index (χ3n) is 4.48. The molecular weight excluding hydrogens is 471 g/mol. The van der Waals surface area contributed by atoms with Crippen LogP contribution in [0.15, 0.2) is 23.2 Å². The van der Waals surface area contributed by atoms with Gasteiger partial charge in [0.2, 0.25) is 0 Å². The fourth-order valence-electron chi connectivity index (χ4n) is 3.19. The van der Waals surface area contributed by atoms with E-state index in [2.05, 4.69) is 39.6 Å². The second kappa shape index (κ2) is 13.8. The van der Waals surface area contributed by atoms with E-state index in [0.29, 0.717) is 19.2 Å². The van der Waals surface area contributed by atoms with Gasteiger partial charge in [-0.15, -0.1) is 24.0 Å². The van der Waals surface area contributed by atoms with Gasteiger partial charge in [-0.3, -0.25) is 9.89 Å². The highest BCUT2D eigenvalue weighted by atomic mass is 127. The summed E-state index contributed by atoms with van der Waals surface area (Å²) >= 11 is 0. The minimum Gasteiger partial charge on any atom is -0.497 e. The van der Waals surface area contributed by atoms with Crippen molar-refractivity contribution in [1.29, 1.82) is 0 Å². The zero-order valence-electron chi connectivity index (χ0n) is 17.5. The minimum absolute atomic E-state index is 0. The van der Waals surface area contributed by atoms with E-state index in [-0.39, 0.29) is 24.0 Å². The van der Waals surface area contributed by atoms with E-state index in [0.717, 1.165) is 56.7 Å². The van der Waals surface area contributed by atoms with Crippen molar-refractivity contribution in [3.63, 3.8) is 0 Å². The van der Waals surface area contributed by atoms with Gasteiger partial charge in [0.25, 0.3) is 0 Å². The lowest BCUT2D eigenvalue weighted by molar-refractivity contribution is 0.155. The third kappa shape index (κ3) is 8.40. The van der Waals surface area contributed by atoms with Crippen molar-refractivity contribution in [3.8, 4) is 11.5 Å². The molecule has 28 heavy (non-hydrogen) atoms. The van der Waals surface area contributed by atoms with Crippen molar-refractivity contribution in [1.82, 2.24) is 15.5 Å². The summed E-state index contributed by atoms with van der Waals surface area (Å²) in [6, 6.07) is 6.44. The maximum atomic E-state index is 5.37. The highest BCUT2D eigenvalue weighted by Crippen LogP contribution is 2.24. The molecule has 0 saturated carbocycles. The number of likely N-dealkylation sites (tertiary alicyclic amines) is 1. The number of rotatable bonds is 10. The van der Waals surface area contributed by atoms with Crippen LogP contribution in [0.25, 0.3) is 0 Å². The minimum atomic E-state index is 0. The van der Waals surface area contributed by atoms with Crippen molar-refractivity contribution in [3.05, 3.63) is 23.8 Å². The highest BCUT2D eigenvalue weighted by Gasteiger charge is 2.23. The van der Waals surface area contributed by atoms with Crippen LogP contribution in [0.4, 0.5) is 0 Å². The first-order valence-corrected chi connectivity index (χ1v) is 9.75. The van der Waals surface area contributed by atoms with Gasteiger partial charge in [0, 0.05) is 44.9 Å². The molecule has 1 saturated heterocycles. The molecule has 2 rings (SSSR count). The molecule has 0 spiro atoms. The summed E-state index contributed by atoms with van der Waals surface area (Å²) in [7, 11) is 3.36. The van der Waals surface area contributed by atoms with Crippen molar-refractivity contribution >= 4 is 29.9 Å². The van der Waals surface area contributed by atoms with E-state index < -0.39 is 0 Å². The first-order chi connectivity index (χ1) is 13.2. The first-order valence-electron chi connectivity index (χ1n) is 9.75. The van der Waals surface area contributed by atoms with Gasteiger partial charge in [0.15, 0.2) is 5.96 Å². The number of nitrogens with one attached hydrogen (secondary N) is 2. The Kier molecular flexibility index (Phi) is 12.2. The van der Waals surface area contributed by atoms with Crippen molar-refractivity contribution in [2.75, 3.05) is 53.6 Å². The third-order valence-corrected chi connectivity index (χ3v) is 4.48. The van der Waals surface area contributed by atoms with Gasteiger partial charge in [0.1, 0.15) is 11.5 Å². The van der Waals surface area contributed by atoms with E-state index in [9.17, 15) is 0 Å². The number of hydrogen-bond donors (Lipinski definition) is 2. The molecule has 1 aromatic carbocycles. The normalized spacial score (nSPS) is 17.1. The van der Waals surface area contributed by atoms with Crippen molar-refractivity contribution < 1.29 is 14.2 Å². The monoisotopic (exact) mass is 506 g/mol. The maximum Gasteiger partial charge on any atom is 0.191 e. The number of guanidine groups is 1. The standard InChI is InChI=1S/C20H34N4O3.HI/c1-5-21-20(22-8-10-27-6-2)23-17-7-9-24(15-17)14-16-11-18(25-3)13-19(12-16)26-4;/h11-13,17H,5-10,14-15H2,1-4H3,(H2,21,22,23);1H. The van der Waals surface area contributed by atoms with Crippen molar-refractivity contribution in [2.24, 2.45) is 4.99 Å². The van der Waals surface area contributed by atoms with Crippen LogP contribution in [0.1, 0.15) is 25.8 Å². The van der Waals surface area contributed by atoms with Crippen LogP contribution in [-0.2, 0) is 11.3 Å². The zero-order chi connectivity index (χ0) is 19.5. The van der Waals surface area contributed by atoms with Crippen LogP contribution in [0, 0.1) is 0 Å². The summed E-state index contributed by atoms with van der Waals surface area (Å²) in [6.45, 7) is 9.89. The lowest BCUT2D eigenvalue weighted by atomic mass is 10.2. The van der Waals surface area contributed by atoms with E-state index in [1.165, 1.54) is 5.56 Å². The Hall–Kier alpha value is -1.26. The average molecular weight is 506 g/mol. The molecule has 0 aromatic heterocycles. The van der Waals surface area contributed by atoms with Gasteiger partial charge in [-0.2, -0.15) is 0 Å². The fraction of sp³-hybridized carbons (Fsp3) is 0.650. The largest absolute Gasteiger partial charge is 0.497 e. The smallest absolute Gasteiger partial charge is 0.191 e. The molecule has 1 unspecified atom stereocenters. The summed E-state index contributed by atoms with van der Waals surface area (Å²) in [4.78, 5) is 7.03. The van der Waals surface area contributed by atoms with Gasteiger partial charge >= 0.3 is 0 Å². The molecular formula is C20H35IN4O3. The number of aliphatic imine (C=N–C) groups is 1. The number of hydrogen-bond acceptors (Lipinski definition) is 5. The molecule has 2 N–H and O–H groups in total. The van der Waals surface area contributed by atoms with E-state index in [1.54, 1.807) is 14.2 Å². The molecule has 0 amide bonds. The zero-order valence-corrected chi connectivity index (χ0v) is 19.8. The molecule has 1 fully saturated rings. The number of methoxy groups -OCH3 is 2. The van der Waals surface area contributed by atoms with Gasteiger partial charge in [-0.25, -0.2) is 0 Å². The lowest BCUT2D eigenvalue weighted by Crippen LogP contribution is -2.44. The first kappa shape index (κ1) is 24.8. The number of nitrogens with zero attached hydrogens (tertiary/aromatic N) is 2. The molecule has 1 aromatic rings. The van der Waals surface area contributed by atoms with E-state index in [1.807, 2.05) is 13.0 Å². The molecule has 7 nitrogen and oxygen atoms in total. The van der Waals surface area contributed by atoms with Gasteiger partial charge < -0.3 is 24.8 Å². The van der Waals surface area contributed by atoms with Crippen LogP contribution in [0.2, 0.25) is 0 Å².